The van der Waals surface area contributed by atoms with E-state index in [0.29, 0.717) is 16.7 Å². The Kier molecular flexibility index (Phi) is 7.74. The maximum Gasteiger partial charge on any atom is 0.233 e. The highest BCUT2D eigenvalue weighted by atomic mass is 35.5. The van der Waals surface area contributed by atoms with E-state index in [1.165, 1.54) is 11.8 Å². The minimum atomic E-state index is 0.122. The molecule has 0 aliphatic heterocycles. The van der Waals surface area contributed by atoms with Crippen LogP contribution >= 0.6 is 23.4 Å². The molecule has 1 aromatic heterocycles. The number of thioether (sulfide) groups is 1. The molecule has 0 aliphatic rings. The molecule has 0 aliphatic carbocycles. The maximum absolute atomic E-state index is 12.7. The average molecular weight is 409 g/mol. The Balaban J connectivity index is 2.24. The minimum absolute atomic E-state index is 0.122. The van der Waals surface area contributed by atoms with Gasteiger partial charge in [-0.05, 0) is 57.9 Å². The maximum atomic E-state index is 12.7. The Morgan fingerprint density at radius 1 is 1.07 bits per heavy atom. The molecule has 148 valence electrons. The number of carbonyl (C=O) groups excluding carboxylic acids is 1. The molecule has 0 radical (unpaired) electrons. The molecule has 7 heteroatoms. The van der Waals surface area contributed by atoms with Crippen molar-refractivity contribution in [3.05, 3.63) is 29.3 Å². The molecule has 1 heterocycles. The molecule has 0 saturated carbocycles. The summed E-state index contributed by atoms with van der Waals surface area (Å²) in [5.74, 6) is 1.72. The van der Waals surface area contributed by atoms with Crippen molar-refractivity contribution in [1.82, 2.24) is 19.7 Å². The lowest BCUT2D eigenvalue weighted by atomic mass is 10.2. The first-order valence-corrected chi connectivity index (χ1v) is 10.7. The van der Waals surface area contributed by atoms with Crippen molar-refractivity contribution in [3.63, 3.8) is 0 Å². The minimum Gasteiger partial charge on any atom is -0.337 e. The zero-order valence-electron chi connectivity index (χ0n) is 16.9. The van der Waals surface area contributed by atoms with E-state index >= 15 is 0 Å². The predicted molar refractivity (Wildman–Crippen MR) is 113 cm³/mol. The molecule has 0 fully saturated rings. The number of benzene rings is 1. The lowest BCUT2D eigenvalue weighted by molar-refractivity contribution is -0.131. The van der Waals surface area contributed by atoms with E-state index in [4.69, 9.17) is 11.6 Å². The Labute approximate surface area is 171 Å². The van der Waals surface area contributed by atoms with Crippen molar-refractivity contribution >= 4 is 29.3 Å². The summed E-state index contributed by atoms with van der Waals surface area (Å²) in [6.07, 6.45) is 0. The molecule has 2 aromatic rings. The molecule has 2 rings (SSSR count). The third kappa shape index (κ3) is 5.72. The van der Waals surface area contributed by atoms with Crippen LogP contribution in [0.15, 0.2) is 29.4 Å². The number of hydrogen-bond acceptors (Lipinski definition) is 4. The number of hydrogen-bond donors (Lipinski definition) is 0. The molecule has 1 aromatic carbocycles. The molecule has 0 N–H and O–H groups in total. The number of aromatic nitrogens is 3. The van der Waals surface area contributed by atoms with Crippen LogP contribution < -0.4 is 0 Å². The molecule has 1 amide bonds. The van der Waals surface area contributed by atoms with Crippen LogP contribution in [0.3, 0.4) is 0 Å². The number of halogens is 1. The molecule has 0 saturated heterocycles. The van der Waals surface area contributed by atoms with Crippen LogP contribution in [0.25, 0.3) is 11.4 Å². The smallest absolute Gasteiger partial charge is 0.233 e. The normalized spacial score (nSPS) is 11.6. The second kappa shape index (κ2) is 9.60. The number of carbonyl (C=O) groups is 1. The molecule has 0 bridgehead atoms. The van der Waals surface area contributed by atoms with Gasteiger partial charge in [0.2, 0.25) is 5.91 Å². The predicted octanol–water partition coefficient (Wildman–Crippen LogP) is 4.99. The number of rotatable bonds is 8. The lowest BCUT2D eigenvalue weighted by Gasteiger charge is -2.30. The van der Waals surface area contributed by atoms with Crippen LogP contribution in [0.1, 0.15) is 41.5 Å². The molecule has 27 heavy (non-hydrogen) atoms. The van der Waals surface area contributed by atoms with Gasteiger partial charge in [-0.3, -0.25) is 4.79 Å². The Hall–Kier alpha value is -1.53. The highest BCUT2D eigenvalue weighted by Crippen LogP contribution is 2.26. The lowest BCUT2D eigenvalue weighted by Crippen LogP contribution is -2.43. The van der Waals surface area contributed by atoms with Gasteiger partial charge in [-0.1, -0.05) is 37.2 Å². The van der Waals surface area contributed by atoms with Gasteiger partial charge in [0, 0.05) is 29.2 Å². The van der Waals surface area contributed by atoms with Crippen LogP contribution in [0.4, 0.5) is 0 Å². The SMILES string of the molecule is CC(C)Cn1c(SCC(=O)N(C(C)C)C(C)C)nnc1-c1ccc(Cl)cc1. The number of nitrogens with zero attached hydrogens (tertiary/aromatic N) is 4. The van der Waals surface area contributed by atoms with Crippen molar-refractivity contribution in [1.29, 1.82) is 0 Å². The zero-order valence-corrected chi connectivity index (χ0v) is 18.5. The van der Waals surface area contributed by atoms with Crippen LogP contribution in [0.2, 0.25) is 5.02 Å². The number of amides is 1. The van der Waals surface area contributed by atoms with E-state index in [1.807, 2.05) is 56.9 Å². The molecule has 5 nitrogen and oxygen atoms in total. The highest BCUT2D eigenvalue weighted by Gasteiger charge is 2.22. The van der Waals surface area contributed by atoms with Gasteiger partial charge in [0.15, 0.2) is 11.0 Å². The second-order valence-corrected chi connectivity index (χ2v) is 8.97. The van der Waals surface area contributed by atoms with E-state index in [-0.39, 0.29) is 18.0 Å². The van der Waals surface area contributed by atoms with E-state index in [1.54, 1.807) is 0 Å². The van der Waals surface area contributed by atoms with Gasteiger partial charge in [0.05, 0.1) is 5.75 Å². The quantitative estimate of drug-likeness (QED) is 0.577. The van der Waals surface area contributed by atoms with Gasteiger partial charge in [0.25, 0.3) is 0 Å². The average Bonchev–Trinajstić information content (AvgIpc) is 2.95. The summed E-state index contributed by atoms with van der Waals surface area (Å²) in [6, 6.07) is 7.95. The van der Waals surface area contributed by atoms with Crippen LogP contribution in [0, 0.1) is 5.92 Å². The molecular formula is C20H29ClN4OS. The van der Waals surface area contributed by atoms with Crippen molar-refractivity contribution in [2.45, 2.75) is 65.3 Å². The fraction of sp³-hybridized carbons (Fsp3) is 0.550. The van der Waals surface area contributed by atoms with Gasteiger partial charge in [-0.2, -0.15) is 0 Å². The standard InChI is InChI=1S/C20H29ClN4OS/c1-13(2)11-24-19(16-7-9-17(21)10-8-16)22-23-20(24)27-12-18(26)25(14(3)4)15(5)6/h7-10,13-15H,11-12H2,1-6H3. The van der Waals surface area contributed by atoms with Gasteiger partial charge >= 0.3 is 0 Å². The second-order valence-electron chi connectivity index (χ2n) is 7.59. The van der Waals surface area contributed by atoms with Crippen molar-refractivity contribution in [3.8, 4) is 11.4 Å². The van der Waals surface area contributed by atoms with E-state index in [9.17, 15) is 4.79 Å². The summed E-state index contributed by atoms with van der Waals surface area (Å²) in [4.78, 5) is 14.6. The van der Waals surface area contributed by atoms with Crippen molar-refractivity contribution in [2.24, 2.45) is 5.92 Å². The monoisotopic (exact) mass is 408 g/mol. The fourth-order valence-electron chi connectivity index (χ4n) is 3.11. The van der Waals surface area contributed by atoms with Crippen molar-refractivity contribution in [2.75, 3.05) is 5.75 Å². The van der Waals surface area contributed by atoms with Gasteiger partial charge < -0.3 is 9.47 Å². The van der Waals surface area contributed by atoms with Gasteiger partial charge in [0.1, 0.15) is 0 Å². The topological polar surface area (TPSA) is 51.0 Å². The molecular weight excluding hydrogens is 380 g/mol. The summed E-state index contributed by atoms with van der Waals surface area (Å²) in [7, 11) is 0. The molecule has 0 unspecified atom stereocenters. The summed E-state index contributed by atoms with van der Waals surface area (Å²) >= 11 is 7.46. The van der Waals surface area contributed by atoms with Gasteiger partial charge in [-0.25, -0.2) is 0 Å². The zero-order chi connectivity index (χ0) is 20.1. The Morgan fingerprint density at radius 2 is 1.67 bits per heavy atom. The first kappa shape index (κ1) is 21.8. The first-order chi connectivity index (χ1) is 12.7. The summed E-state index contributed by atoms with van der Waals surface area (Å²) < 4.78 is 2.10. The van der Waals surface area contributed by atoms with Crippen LogP contribution in [0.5, 0.6) is 0 Å². The molecule has 0 atom stereocenters. The van der Waals surface area contributed by atoms with Crippen LogP contribution in [-0.4, -0.2) is 43.4 Å². The third-order valence-electron chi connectivity index (χ3n) is 4.09. The summed E-state index contributed by atoms with van der Waals surface area (Å²) in [5.41, 5.74) is 0.969. The Bertz CT molecular complexity index is 748. The van der Waals surface area contributed by atoms with E-state index in [0.717, 1.165) is 23.1 Å². The van der Waals surface area contributed by atoms with E-state index < -0.39 is 0 Å². The van der Waals surface area contributed by atoms with E-state index in [2.05, 4.69) is 28.6 Å². The Morgan fingerprint density at radius 3 is 2.19 bits per heavy atom. The first-order valence-electron chi connectivity index (χ1n) is 9.33. The summed E-state index contributed by atoms with van der Waals surface area (Å²) in [5, 5.41) is 10.2. The highest BCUT2D eigenvalue weighted by molar-refractivity contribution is 7.99. The third-order valence-corrected chi connectivity index (χ3v) is 5.30. The van der Waals surface area contributed by atoms with Crippen LogP contribution in [-0.2, 0) is 11.3 Å². The fourth-order valence-corrected chi connectivity index (χ4v) is 4.05. The summed E-state index contributed by atoms with van der Waals surface area (Å²) in [6.45, 7) is 13.3. The molecule has 0 spiro atoms. The largest absolute Gasteiger partial charge is 0.337 e. The van der Waals surface area contributed by atoms with Gasteiger partial charge in [-0.15, -0.1) is 10.2 Å². The van der Waals surface area contributed by atoms with Crippen molar-refractivity contribution < 1.29 is 4.79 Å².